The predicted octanol–water partition coefficient (Wildman–Crippen LogP) is 11.3. The first-order valence-corrected chi connectivity index (χ1v) is 20.5. The van der Waals surface area contributed by atoms with Gasteiger partial charge in [-0.15, -0.1) is 0 Å². The van der Waals surface area contributed by atoms with Crippen LogP contribution in [-0.4, -0.2) is 36.4 Å². The molecule has 262 valence electrons. The van der Waals surface area contributed by atoms with E-state index >= 15 is 0 Å². The van der Waals surface area contributed by atoms with Crippen molar-refractivity contribution in [2.45, 2.75) is 51.4 Å². The van der Waals surface area contributed by atoms with Gasteiger partial charge in [-0.2, -0.15) is 0 Å². The summed E-state index contributed by atoms with van der Waals surface area (Å²) < 4.78 is 24.1. The van der Waals surface area contributed by atoms with Crippen LogP contribution in [0.4, 0.5) is 0 Å². The fraction of sp³-hybridized carbons (Fsp3) is 0.286. The van der Waals surface area contributed by atoms with Crippen molar-refractivity contribution in [2.75, 3.05) is 26.4 Å². The third-order valence-corrected chi connectivity index (χ3v) is 8.78. The van der Waals surface area contributed by atoms with Crippen LogP contribution < -0.4 is 18.9 Å². The second kappa shape index (κ2) is 18.9. The summed E-state index contributed by atoms with van der Waals surface area (Å²) in [5, 5.41) is 2.14. The van der Waals surface area contributed by atoms with Gasteiger partial charge in [0.05, 0.1) is 48.8 Å². The van der Waals surface area contributed by atoms with Gasteiger partial charge < -0.3 is 18.9 Å². The van der Waals surface area contributed by atoms with Crippen molar-refractivity contribution < 1.29 is 31.7 Å². The summed E-state index contributed by atoms with van der Waals surface area (Å²) in [6.45, 7) is 2.80. The Hall–Kier alpha value is -3.85. The Balaban J connectivity index is 0.00000212. The average Bonchev–Trinajstić information content (AvgIpc) is 3.17. The van der Waals surface area contributed by atoms with Gasteiger partial charge in [0, 0.05) is 28.0 Å². The Morgan fingerprint density at radius 1 is 0.400 bits per heavy atom. The first-order valence-electron chi connectivity index (χ1n) is 17.4. The molecule has 3 aliphatic rings. The van der Waals surface area contributed by atoms with Gasteiger partial charge in [0.25, 0.3) is 0 Å². The molecular formula is C42H42CuIN2O4. The average molecular weight is 829 g/mol. The van der Waals surface area contributed by atoms with Gasteiger partial charge in [-0.05, 0) is 124 Å². The van der Waals surface area contributed by atoms with Crippen LogP contribution in [0.1, 0.15) is 51.4 Å². The summed E-state index contributed by atoms with van der Waals surface area (Å²) in [4.78, 5) is 10.2. The van der Waals surface area contributed by atoms with Crippen molar-refractivity contribution in [3.05, 3.63) is 109 Å². The number of hydrogen-bond acceptors (Lipinski definition) is 6. The Kier molecular flexibility index (Phi) is 13.6. The number of nitrogens with zero attached hydrogens (tertiary/aromatic N) is 2. The van der Waals surface area contributed by atoms with Crippen molar-refractivity contribution >= 4 is 42.2 Å². The molecule has 8 heteroatoms. The molecule has 0 unspecified atom stereocenters. The van der Waals surface area contributed by atoms with E-state index in [0.29, 0.717) is 26.4 Å². The van der Waals surface area contributed by atoms with E-state index in [1.165, 1.54) is 0 Å². The molecule has 0 saturated heterocycles. The van der Waals surface area contributed by atoms with Crippen molar-refractivity contribution in [1.82, 2.24) is 9.97 Å². The molecule has 3 aliphatic heterocycles. The SMILES string of the molecule is [Cu][I].c1cc2cc(c1)OCCCCCCOc1ccc(cc1)-c1ccc3ccc4ccc(nc4c3n1)-c1ccc(cc1)OCCCCCCO2. The maximum absolute atomic E-state index is 6.05. The van der Waals surface area contributed by atoms with Crippen LogP contribution in [-0.2, 0) is 12.8 Å². The molecule has 0 aliphatic carbocycles. The normalized spacial score (nSPS) is 14.7. The molecule has 9 rings (SSSR count). The number of rotatable bonds is 0. The zero-order chi connectivity index (χ0) is 34.4. The maximum atomic E-state index is 6.05. The van der Waals surface area contributed by atoms with Crippen LogP contribution in [0.5, 0.6) is 23.0 Å². The largest absolute Gasteiger partial charge is 0.494 e. The summed E-state index contributed by atoms with van der Waals surface area (Å²) in [5.74, 6) is 3.48. The summed E-state index contributed by atoms with van der Waals surface area (Å²) in [7, 11) is 0. The van der Waals surface area contributed by atoms with Crippen LogP contribution in [0.2, 0.25) is 0 Å². The van der Waals surface area contributed by atoms with Gasteiger partial charge in [0.15, 0.2) is 0 Å². The molecular weight excluding hydrogens is 787 g/mol. The van der Waals surface area contributed by atoms with Crippen molar-refractivity contribution in [3.8, 4) is 45.5 Å². The molecule has 6 aromatic rings. The Labute approximate surface area is 314 Å². The van der Waals surface area contributed by atoms with E-state index in [4.69, 9.17) is 28.9 Å². The minimum atomic E-state index is 0.698. The van der Waals surface area contributed by atoms with Gasteiger partial charge in [-0.3, -0.25) is 0 Å². The number of ether oxygens (including phenoxy) is 4. The molecule has 0 saturated carbocycles. The molecule has 50 heavy (non-hydrogen) atoms. The molecule has 6 nitrogen and oxygen atoms in total. The molecule has 0 spiro atoms. The number of aromatic nitrogens is 2. The zero-order valence-electron chi connectivity index (χ0n) is 28.1. The van der Waals surface area contributed by atoms with E-state index in [2.05, 4.69) is 73.4 Å². The van der Waals surface area contributed by atoms with Crippen LogP contribution >= 0.6 is 20.3 Å². The molecule has 0 radical (unpaired) electrons. The van der Waals surface area contributed by atoms with Gasteiger partial charge in [-0.25, -0.2) is 9.97 Å². The van der Waals surface area contributed by atoms with E-state index in [-0.39, 0.29) is 0 Å². The molecule has 4 aromatic carbocycles. The van der Waals surface area contributed by atoms with E-state index < -0.39 is 0 Å². The van der Waals surface area contributed by atoms with E-state index in [0.717, 1.165) is 119 Å². The van der Waals surface area contributed by atoms with Gasteiger partial charge in [-0.1, -0.05) is 30.3 Å². The smallest absolute Gasteiger partial charge is 0.122 e. The predicted molar refractivity (Wildman–Crippen MR) is 207 cm³/mol. The Morgan fingerprint density at radius 3 is 1.16 bits per heavy atom. The van der Waals surface area contributed by atoms with Gasteiger partial charge in [0.2, 0.25) is 0 Å². The topological polar surface area (TPSA) is 62.7 Å². The van der Waals surface area contributed by atoms with Crippen LogP contribution in [0.3, 0.4) is 0 Å². The molecule has 10 bridgehead atoms. The molecule has 0 atom stereocenters. The minimum Gasteiger partial charge on any atom is -0.494 e. The van der Waals surface area contributed by atoms with E-state index in [1.54, 1.807) is 20.3 Å². The van der Waals surface area contributed by atoms with E-state index in [1.807, 2.05) is 48.5 Å². The number of benzene rings is 4. The summed E-state index contributed by atoms with van der Waals surface area (Å²) in [6, 6.07) is 37.1. The number of fused-ring (bicyclic) bond motifs is 2. The van der Waals surface area contributed by atoms with Crippen molar-refractivity contribution in [2.24, 2.45) is 0 Å². The third-order valence-electron chi connectivity index (χ3n) is 8.78. The fourth-order valence-corrected chi connectivity index (χ4v) is 6.06. The van der Waals surface area contributed by atoms with Crippen LogP contribution in [0.15, 0.2) is 109 Å². The van der Waals surface area contributed by atoms with Gasteiger partial charge in [0.1, 0.15) is 23.0 Å². The maximum Gasteiger partial charge on any atom is 0.122 e. The number of hydrogen-bond donors (Lipinski definition) is 0. The van der Waals surface area contributed by atoms with Crippen LogP contribution in [0, 0.1) is 0 Å². The molecule has 5 heterocycles. The number of halogens is 1. The van der Waals surface area contributed by atoms with Crippen molar-refractivity contribution in [1.29, 1.82) is 0 Å². The Morgan fingerprint density at radius 2 is 0.760 bits per heavy atom. The molecule has 0 N–H and O–H groups in total. The standard InChI is InChI=1S/C42H42N2O4.Cu.HI/c1-3-7-28-47-37-10-9-11-38(30-37)48-29-8-4-2-6-27-46-36-22-16-32(17-23-36)40-25-19-34-13-12-33-18-24-39(43-41(33)42(34)44-40)31-14-20-35(21-15-31)45-26-5-1;;/h9-25,30H,1-8,26-29H2;;1H/q;+1;/p-1. The monoisotopic (exact) mass is 828 g/mol. The summed E-state index contributed by atoms with van der Waals surface area (Å²) in [5.41, 5.74) is 5.73. The second-order valence-corrected chi connectivity index (χ2v) is 12.3. The second-order valence-electron chi connectivity index (χ2n) is 12.3. The number of pyridine rings is 2. The summed E-state index contributed by atoms with van der Waals surface area (Å²) in [6.07, 6.45) is 8.47. The molecule has 0 fully saturated rings. The summed E-state index contributed by atoms with van der Waals surface area (Å²) >= 11 is 5.87. The first-order chi connectivity index (χ1) is 24.8. The third kappa shape index (κ3) is 9.89. The molecule has 0 amide bonds. The quantitative estimate of drug-likeness (QED) is 0.0863. The van der Waals surface area contributed by atoms with Crippen molar-refractivity contribution in [3.63, 3.8) is 0 Å². The minimum absolute atomic E-state index is 0.698. The molecule has 2 aromatic heterocycles. The van der Waals surface area contributed by atoms with Gasteiger partial charge >= 0.3 is 33.1 Å². The van der Waals surface area contributed by atoms with E-state index in [9.17, 15) is 0 Å². The fourth-order valence-electron chi connectivity index (χ4n) is 6.06. The zero-order valence-corrected chi connectivity index (χ0v) is 31.2. The van der Waals surface area contributed by atoms with Crippen LogP contribution in [0.25, 0.3) is 44.3 Å². The Bertz CT molecular complexity index is 1820. The first kappa shape index (κ1) is 36.0.